The highest BCUT2D eigenvalue weighted by Crippen LogP contribution is 2.08. The minimum atomic E-state index is 0.809. The summed E-state index contributed by atoms with van der Waals surface area (Å²) >= 11 is 0. The van der Waals surface area contributed by atoms with Gasteiger partial charge in [0, 0.05) is 32.0 Å². The van der Waals surface area contributed by atoms with Crippen molar-refractivity contribution in [1.82, 2.24) is 14.8 Å². The predicted octanol–water partition coefficient (Wildman–Crippen LogP) is 0.871. The van der Waals surface area contributed by atoms with Crippen LogP contribution < -0.4 is 5.73 Å². The summed E-state index contributed by atoms with van der Waals surface area (Å²) in [5.41, 5.74) is 6.95. The normalized spacial score (nSPS) is 19.4. The molecule has 17 heavy (non-hydrogen) atoms. The second-order valence-corrected chi connectivity index (χ2v) is 4.83. The smallest absolute Gasteiger partial charge is 0.0249 e. The number of rotatable bonds is 5. The van der Waals surface area contributed by atoms with Gasteiger partial charge in [-0.3, -0.25) is 4.90 Å². The molecule has 3 N–H and O–H groups in total. The van der Waals surface area contributed by atoms with E-state index in [2.05, 4.69) is 27.0 Å². The fraction of sp³-hybridized carbons (Fsp3) is 0.692. The van der Waals surface area contributed by atoms with E-state index in [-0.39, 0.29) is 0 Å². The van der Waals surface area contributed by atoms with Crippen molar-refractivity contribution in [2.75, 3.05) is 39.3 Å². The van der Waals surface area contributed by atoms with Crippen molar-refractivity contribution in [3.05, 3.63) is 24.0 Å². The molecule has 0 amide bonds. The van der Waals surface area contributed by atoms with Crippen molar-refractivity contribution in [3.63, 3.8) is 0 Å². The molecule has 1 aliphatic heterocycles. The molecule has 1 aromatic rings. The third kappa shape index (κ3) is 4.15. The molecule has 0 aliphatic carbocycles. The Labute approximate surface area is 104 Å². The summed E-state index contributed by atoms with van der Waals surface area (Å²) in [6.07, 6.45) is 6.49. The Hall–Kier alpha value is -0.840. The average molecular weight is 236 g/mol. The van der Waals surface area contributed by atoms with Crippen molar-refractivity contribution in [3.8, 4) is 0 Å². The SMILES string of the molecule is NCCCN1CCCN(Cc2cc[nH]c2)CC1. The van der Waals surface area contributed by atoms with E-state index in [0.29, 0.717) is 0 Å². The summed E-state index contributed by atoms with van der Waals surface area (Å²) in [6.45, 7) is 7.85. The van der Waals surface area contributed by atoms with Gasteiger partial charge >= 0.3 is 0 Å². The van der Waals surface area contributed by atoms with Gasteiger partial charge in [-0.05, 0) is 50.7 Å². The van der Waals surface area contributed by atoms with Gasteiger partial charge in [-0.15, -0.1) is 0 Å². The van der Waals surface area contributed by atoms with Gasteiger partial charge in [-0.2, -0.15) is 0 Å². The lowest BCUT2D eigenvalue weighted by molar-refractivity contribution is 0.251. The van der Waals surface area contributed by atoms with Crippen molar-refractivity contribution >= 4 is 0 Å². The summed E-state index contributed by atoms with van der Waals surface area (Å²) in [6, 6.07) is 2.16. The lowest BCUT2D eigenvalue weighted by Gasteiger charge is -2.21. The summed E-state index contributed by atoms with van der Waals surface area (Å²) in [5.74, 6) is 0. The highest BCUT2D eigenvalue weighted by Gasteiger charge is 2.14. The van der Waals surface area contributed by atoms with Gasteiger partial charge in [0.15, 0.2) is 0 Å². The van der Waals surface area contributed by atoms with E-state index in [9.17, 15) is 0 Å². The second-order valence-electron chi connectivity index (χ2n) is 4.83. The molecule has 1 saturated heterocycles. The predicted molar refractivity (Wildman–Crippen MR) is 70.8 cm³/mol. The number of nitrogens with two attached hydrogens (primary N) is 1. The van der Waals surface area contributed by atoms with Gasteiger partial charge in [-0.1, -0.05) is 0 Å². The quantitative estimate of drug-likeness (QED) is 0.797. The van der Waals surface area contributed by atoms with Gasteiger partial charge in [0.25, 0.3) is 0 Å². The first-order chi connectivity index (χ1) is 8.38. The lowest BCUT2D eigenvalue weighted by atomic mass is 10.3. The molecular weight excluding hydrogens is 212 g/mol. The van der Waals surface area contributed by atoms with Crippen molar-refractivity contribution in [1.29, 1.82) is 0 Å². The highest BCUT2D eigenvalue weighted by molar-refractivity contribution is 5.07. The molecule has 0 spiro atoms. The molecule has 1 aromatic heterocycles. The van der Waals surface area contributed by atoms with Crippen LogP contribution in [0.3, 0.4) is 0 Å². The summed E-state index contributed by atoms with van der Waals surface area (Å²) in [5, 5.41) is 0. The first-order valence-electron chi connectivity index (χ1n) is 6.65. The molecule has 0 atom stereocenters. The van der Waals surface area contributed by atoms with Gasteiger partial charge in [0.05, 0.1) is 0 Å². The Morgan fingerprint density at radius 2 is 2.00 bits per heavy atom. The van der Waals surface area contributed by atoms with Gasteiger partial charge < -0.3 is 15.6 Å². The molecule has 4 nitrogen and oxygen atoms in total. The van der Waals surface area contributed by atoms with Crippen LogP contribution in [0, 0.1) is 0 Å². The molecule has 0 radical (unpaired) electrons. The summed E-state index contributed by atoms with van der Waals surface area (Å²) in [7, 11) is 0. The number of nitrogens with zero attached hydrogens (tertiary/aromatic N) is 2. The van der Waals surface area contributed by atoms with Gasteiger partial charge in [0.1, 0.15) is 0 Å². The second kappa shape index (κ2) is 6.79. The fourth-order valence-electron chi connectivity index (χ4n) is 2.44. The van der Waals surface area contributed by atoms with E-state index in [4.69, 9.17) is 5.73 Å². The minimum Gasteiger partial charge on any atom is -0.367 e. The van der Waals surface area contributed by atoms with Crippen LogP contribution in [-0.2, 0) is 6.54 Å². The maximum Gasteiger partial charge on any atom is 0.0249 e. The van der Waals surface area contributed by atoms with Crippen LogP contribution in [0.2, 0.25) is 0 Å². The van der Waals surface area contributed by atoms with E-state index >= 15 is 0 Å². The van der Waals surface area contributed by atoms with Crippen LogP contribution in [0.5, 0.6) is 0 Å². The lowest BCUT2D eigenvalue weighted by Crippen LogP contribution is -2.31. The number of hydrogen-bond acceptors (Lipinski definition) is 3. The zero-order chi connectivity index (χ0) is 11.9. The topological polar surface area (TPSA) is 48.3 Å². The Bertz CT molecular complexity index is 296. The molecular formula is C13H24N4. The molecule has 2 heterocycles. The number of hydrogen-bond donors (Lipinski definition) is 2. The van der Waals surface area contributed by atoms with Crippen LogP contribution in [0.4, 0.5) is 0 Å². The maximum absolute atomic E-state index is 5.56. The van der Waals surface area contributed by atoms with Gasteiger partial charge in [-0.25, -0.2) is 0 Å². The number of aromatic amines is 1. The van der Waals surface area contributed by atoms with E-state index < -0.39 is 0 Å². The molecule has 0 unspecified atom stereocenters. The minimum absolute atomic E-state index is 0.809. The monoisotopic (exact) mass is 236 g/mol. The first-order valence-corrected chi connectivity index (χ1v) is 6.65. The van der Waals surface area contributed by atoms with Crippen LogP contribution >= 0.6 is 0 Å². The van der Waals surface area contributed by atoms with Crippen molar-refractivity contribution < 1.29 is 0 Å². The third-order valence-corrected chi connectivity index (χ3v) is 3.43. The van der Waals surface area contributed by atoms with Gasteiger partial charge in [0.2, 0.25) is 0 Å². The van der Waals surface area contributed by atoms with Crippen LogP contribution in [0.25, 0.3) is 0 Å². The van der Waals surface area contributed by atoms with Crippen molar-refractivity contribution in [2.24, 2.45) is 5.73 Å². The summed E-state index contributed by atoms with van der Waals surface area (Å²) in [4.78, 5) is 8.21. The fourth-order valence-corrected chi connectivity index (χ4v) is 2.44. The molecule has 1 fully saturated rings. The molecule has 96 valence electrons. The molecule has 0 aromatic carbocycles. The van der Waals surface area contributed by atoms with Crippen LogP contribution in [0.15, 0.2) is 18.5 Å². The molecule has 0 bridgehead atoms. The van der Waals surface area contributed by atoms with E-state index in [1.807, 2.05) is 6.20 Å². The first kappa shape index (κ1) is 12.6. The third-order valence-electron chi connectivity index (χ3n) is 3.43. The molecule has 1 aliphatic rings. The van der Waals surface area contributed by atoms with E-state index in [1.54, 1.807) is 0 Å². The maximum atomic E-state index is 5.56. The zero-order valence-corrected chi connectivity index (χ0v) is 10.6. The Balaban J connectivity index is 1.75. The largest absolute Gasteiger partial charge is 0.367 e. The average Bonchev–Trinajstić information content (AvgIpc) is 2.74. The zero-order valence-electron chi connectivity index (χ0n) is 10.6. The Kier molecular flexibility index (Phi) is 5.04. The molecule has 2 rings (SSSR count). The Morgan fingerprint density at radius 1 is 1.18 bits per heavy atom. The van der Waals surface area contributed by atoms with E-state index in [1.165, 1.54) is 38.2 Å². The Morgan fingerprint density at radius 3 is 2.76 bits per heavy atom. The highest BCUT2D eigenvalue weighted by atomic mass is 15.2. The molecule has 0 saturated carbocycles. The van der Waals surface area contributed by atoms with Crippen LogP contribution in [0.1, 0.15) is 18.4 Å². The van der Waals surface area contributed by atoms with Crippen molar-refractivity contribution in [2.45, 2.75) is 19.4 Å². The molecule has 4 heteroatoms. The standard InChI is InChI=1S/C13H24N4/c14-4-1-6-16-7-2-8-17(10-9-16)12-13-3-5-15-11-13/h3,5,11,15H,1-2,4,6-10,12,14H2. The number of H-pyrrole nitrogens is 1. The van der Waals surface area contributed by atoms with Crippen LogP contribution in [-0.4, -0.2) is 54.1 Å². The summed E-state index contributed by atoms with van der Waals surface area (Å²) < 4.78 is 0. The van der Waals surface area contributed by atoms with E-state index in [0.717, 1.165) is 26.1 Å². The number of nitrogens with one attached hydrogen (secondary N) is 1. The number of aromatic nitrogens is 1.